The number of phenols is 1. The molecule has 3 nitrogen and oxygen atoms in total. The van der Waals surface area contributed by atoms with Gasteiger partial charge in [0, 0.05) is 6.54 Å². The number of nitrogens with one attached hydrogen (secondary N) is 1. The lowest BCUT2D eigenvalue weighted by atomic mass is 10.1. The first-order valence-corrected chi connectivity index (χ1v) is 4.41. The number of halogens is 1. The van der Waals surface area contributed by atoms with E-state index in [1.807, 2.05) is 6.92 Å². The third kappa shape index (κ3) is 3.96. The van der Waals surface area contributed by atoms with Crippen molar-refractivity contribution in [1.82, 2.24) is 5.32 Å². The molecular formula is C10H16ClNO2. The minimum Gasteiger partial charge on any atom is -0.508 e. The van der Waals surface area contributed by atoms with Crippen molar-refractivity contribution >= 4 is 12.4 Å². The quantitative estimate of drug-likeness (QED) is 0.716. The molecule has 0 aliphatic rings. The molecule has 0 saturated carbocycles. The van der Waals surface area contributed by atoms with Crippen LogP contribution in [0.3, 0.4) is 0 Å². The molecule has 0 aromatic heterocycles. The van der Waals surface area contributed by atoms with Crippen LogP contribution in [0.25, 0.3) is 0 Å². The summed E-state index contributed by atoms with van der Waals surface area (Å²) in [6, 6.07) is 6.67. The first-order chi connectivity index (χ1) is 6.24. The van der Waals surface area contributed by atoms with Crippen LogP contribution in [0, 0.1) is 0 Å². The summed E-state index contributed by atoms with van der Waals surface area (Å²) in [4.78, 5) is 0. The van der Waals surface area contributed by atoms with Crippen molar-refractivity contribution < 1.29 is 10.2 Å². The Morgan fingerprint density at radius 2 is 2.14 bits per heavy atom. The monoisotopic (exact) mass is 217 g/mol. The topological polar surface area (TPSA) is 52.5 Å². The molecular weight excluding hydrogens is 202 g/mol. The molecule has 4 heteroatoms. The first-order valence-electron chi connectivity index (χ1n) is 4.41. The summed E-state index contributed by atoms with van der Waals surface area (Å²) in [7, 11) is 0. The minimum atomic E-state index is -0.549. The lowest BCUT2D eigenvalue weighted by Crippen LogP contribution is -2.20. The summed E-state index contributed by atoms with van der Waals surface area (Å²) in [6.45, 7) is 3.32. The first kappa shape index (κ1) is 13.2. The van der Waals surface area contributed by atoms with E-state index in [9.17, 15) is 5.11 Å². The van der Waals surface area contributed by atoms with Crippen LogP contribution in [-0.4, -0.2) is 23.3 Å². The SMILES string of the molecule is CCNC[C@@H](O)c1cccc(O)c1.Cl. The zero-order valence-electron chi connectivity index (χ0n) is 8.10. The maximum absolute atomic E-state index is 9.60. The Labute approximate surface area is 90.2 Å². The van der Waals surface area contributed by atoms with Crippen LogP contribution in [-0.2, 0) is 0 Å². The molecule has 1 aromatic carbocycles. The van der Waals surface area contributed by atoms with E-state index in [2.05, 4.69) is 5.32 Å². The fourth-order valence-electron chi connectivity index (χ4n) is 1.13. The second-order valence-electron chi connectivity index (χ2n) is 2.92. The Morgan fingerprint density at radius 1 is 1.43 bits per heavy atom. The average Bonchev–Trinajstić information content (AvgIpc) is 2.14. The van der Waals surface area contributed by atoms with Crippen LogP contribution in [0.4, 0.5) is 0 Å². The molecule has 1 aromatic rings. The maximum Gasteiger partial charge on any atom is 0.115 e. The molecule has 0 spiro atoms. The van der Waals surface area contributed by atoms with Crippen molar-refractivity contribution in [3.8, 4) is 5.75 Å². The second kappa shape index (κ2) is 6.65. The second-order valence-corrected chi connectivity index (χ2v) is 2.92. The van der Waals surface area contributed by atoms with Crippen LogP contribution in [0.5, 0.6) is 5.75 Å². The summed E-state index contributed by atoms with van der Waals surface area (Å²) in [5.74, 6) is 0.188. The number of aromatic hydroxyl groups is 1. The largest absolute Gasteiger partial charge is 0.508 e. The summed E-state index contributed by atoms with van der Waals surface area (Å²) in [5, 5.41) is 21.8. The van der Waals surface area contributed by atoms with E-state index in [-0.39, 0.29) is 18.2 Å². The van der Waals surface area contributed by atoms with Gasteiger partial charge in [0.2, 0.25) is 0 Å². The third-order valence-electron chi connectivity index (χ3n) is 1.84. The van der Waals surface area contributed by atoms with Crippen molar-refractivity contribution in [3.05, 3.63) is 29.8 Å². The molecule has 1 atom stereocenters. The van der Waals surface area contributed by atoms with Gasteiger partial charge in [-0.2, -0.15) is 0 Å². The lowest BCUT2D eigenvalue weighted by Gasteiger charge is -2.11. The Kier molecular flexibility index (Phi) is 6.28. The highest BCUT2D eigenvalue weighted by molar-refractivity contribution is 5.85. The highest BCUT2D eigenvalue weighted by Crippen LogP contribution is 2.17. The van der Waals surface area contributed by atoms with E-state index in [4.69, 9.17) is 5.11 Å². The molecule has 3 N–H and O–H groups in total. The van der Waals surface area contributed by atoms with Crippen LogP contribution in [0.1, 0.15) is 18.6 Å². The van der Waals surface area contributed by atoms with Crippen molar-refractivity contribution in [2.75, 3.05) is 13.1 Å². The van der Waals surface area contributed by atoms with Gasteiger partial charge in [-0.3, -0.25) is 0 Å². The molecule has 0 amide bonds. The molecule has 0 unspecified atom stereocenters. The Hall–Kier alpha value is -0.770. The van der Waals surface area contributed by atoms with Gasteiger partial charge in [0.15, 0.2) is 0 Å². The number of phenolic OH excluding ortho intramolecular Hbond substituents is 1. The van der Waals surface area contributed by atoms with E-state index in [1.54, 1.807) is 24.3 Å². The average molecular weight is 218 g/mol. The van der Waals surface area contributed by atoms with Crippen molar-refractivity contribution in [3.63, 3.8) is 0 Å². The zero-order valence-corrected chi connectivity index (χ0v) is 8.92. The molecule has 0 radical (unpaired) electrons. The predicted molar refractivity (Wildman–Crippen MR) is 58.9 cm³/mol. The zero-order chi connectivity index (χ0) is 9.68. The summed E-state index contributed by atoms with van der Waals surface area (Å²) in [5.41, 5.74) is 0.737. The maximum atomic E-state index is 9.60. The van der Waals surface area contributed by atoms with Gasteiger partial charge < -0.3 is 15.5 Å². The number of aliphatic hydroxyl groups is 1. The van der Waals surface area contributed by atoms with Crippen molar-refractivity contribution in [2.24, 2.45) is 0 Å². The molecule has 0 aliphatic carbocycles. The standard InChI is InChI=1S/C10H15NO2.ClH/c1-2-11-7-10(13)8-4-3-5-9(12)6-8;/h3-6,10-13H,2,7H2,1H3;1H/t10-;/m1./s1. The van der Waals surface area contributed by atoms with Crippen LogP contribution in [0.15, 0.2) is 24.3 Å². The highest BCUT2D eigenvalue weighted by atomic mass is 35.5. The number of likely N-dealkylation sites (N-methyl/N-ethyl adjacent to an activating group) is 1. The molecule has 0 fully saturated rings. The van der Waals surface area contributed by atoms with Crippen LogP contribution >= 0.6 is 12.4 Å². The van der Waals surface area contributed by atoms with Crippen LogP contribution in [0.2, 0.25) is 0 Å². The third-order valence-corrected chi connectivity index (χ3v) is 1.84. The summed E-state index contributed by atoms with van der Waals surface area (Å²) < 4.78 is 0. The number of hydrogen-bond donors (Lipinski definition) is 3. The van der Waals surface area contributed by atoms with Gasteiger partial charge in [-0.05, 0) is 24.2 Å². The van der Waals surface area contributed by atoms with Crippen LogP contribution < -0.4 is 5.32 Å². The fourth-order valence-corrected chi connectivity index (χ4v) is 1.13. The number of rotatable bonds is 4. The van der Waals surface area contributed by atoms with Gasteiger partial charge in [-0.1, -0.05) is 19.1 Å². The molecule has 0 bridgehead atoms. The molecule has 0 aliphatic heterocycles. The Balaban J connectivity index is 0.00000169. The Morgan fingerprint density at radius 3 is 2.71 bits per heavy atom. The van der Waals surface area contributed by atoms with E-state index in [0.29, 0.717) is 6.54 Å². The van der Waals surface area contributed by atoms with Crippen molar-refractivity contribution in [1.29, 1.82) is 0 Å². The number of benzene rings is 1. The summed E-state index contributed by atoms with van der Waals surface area (Å²) >= 11 is 0. The molecule has 1 rings (SSSR count). The van der Waals surface area contributed by atoms with Gasteiger partial charge in [-0.15, -0.1) is 12.4 Å². The van der Waals surface area contributed by atoms with Gasteiger partial charge in [0.05, 0.1) is 6.10 Å². The molecule has 14 heavy (non-hydrogen) atoms. The van der Waals surface area contributed by atoms with Gasteiger partial charge in [-0.25, -0.2) is 0 Å². The van der Waals surface area contributed by atoms with E-state index in [1.165, 1.54) is 0 Å². The predicted octanol–water partition coefficient (Wildman–Crippen LogP) is 1.46. The van der Waals surface area contributed by atoms with Crippen molar-refractivity contribution in [2.45, 2.75) is 13.0 Å². The molecule has 80 valence electrons. The van der Waals surface area contributed by atoms with E-state index >= 15 is 0 Å². The number of hydrogen-bond acceptors (Lipinski definition) is 3. The van der Waals surface area contributed by atoms with Gasteiger partial charge >= 0.3 is 0 Å². The molecule has 0 saturated heterocycles. The minimum absolute atomic E-state index is 0. The van der Waals surface area contributed by atoms with Gasteiger partial charge in [0.1, 0.15) is 5.75 Å². The highest BCUT2D eigenvalue weighted by Gasteiger charge is 2.06. The smallest absolute Gasteiger partial charge is 0.115 e. The number of aliphatic hydroxyl groups excluding tert-OH is 1. The molecule has 0 heterocycles. The fraction of sp³-hybridized carbons (Fsp3) is 0.400. The van der Waals surface area contributed by atoms with Gasteiger partial charge in [0.25, 0.3) is 0 Å². The summed E-state index contributed by atoms with van der Waals surface area (Å²) in [6.07, 6.45) is -0.549. The van der Waals surface area contributed by atoms with E-state index in [0.717, 1.165) is 12.1 Å². The van der Waals surface area contributed by atoms with E-state index < -0.39 is 6.10 Å². The lowest BCUT2D eigenvalue weighted by molar-refractivity contribution is 0.175. The Bertz CT molecular complexity index is 268. The normalized spacial score (nSPS) is 11.9.